The summed E-state index contributed by atoms with van der Waals surface area (Å²) in [5.41, 5.74) is 0. The number of nitrogens with one attached hydrogen (secondary N) is 1. The van der Waals surface area contributed by atoms with E-state index in [2.05, 4.69) is 5.32 Å². The van der Waals surface area contributed by atoms with E-state index in [1.165, 1.54) is 20.8 Å². The molecule has 2 unspecified atom stereocenters. The van der Waals surface area contributed by atoms with Crippen molar-refractivity contribution in [1.82, 2.24) is 5.32 Å². The van der Waals surface area contributed by atoms with Gasteiger partial charge in [0.25, 0.3) is 0 Å². The van der Waals surface area contributed by atoms with E-state index in [4.69, 9.17) is 14.2 Å². The van der Waals surface area contributed by atoms with E-state index in [9.17, 15) is 14.4 Å². The zero-order valence-corrected chi connectivity index (χ0v) is 11.1. The van der Waals surface area contributed by atoms with Crippen LogP contribution >= 0.6 is 0 Å². The summed E-state index contributed by atoms with van der Waals surface area (Å²) in [5, 5.41) is 2.63. The van der Waals surface area contributed by atoms with Gasteiger partial charge in [0.15, 0.2) is 0 Å². The maximum atomic E-state index is 11.0. The van der Waals surface area contributed by atoms with Crippen molar-refractivity contribution >= 4 is 17.8 Å². The van der Waals surface area contributed by atoms with Gasteiger partial charge in [-0.2, -0.15) is 0 Å². The highest BCUT2D eigenvalue weighted by Gasteiger charge is 2.27. The van der Waals surface area contributed by atoms with E-state index in [0.717, 1.165) is 0 Å². The maximum Gasteiger partial charge on any atom is 0.307 e. The highest BCUT2D eigenvalue weighted by atomic mass is 16.6. The van der Waals surface area contributed by atoms with Gasteiger partial charge < -0.3 is 19.5 Å². The van der Waals surface area contributed by atoms with Crippen LogP contribution in [-0.4, -0.2) is 43.2 Å². The highest BCUT2D eigenvalue weighted by Crippen LogP contribution is 2.17. The van der Waals surface area contributed by atoms with Crippen molar-refractivity contribution in [3.63, 3.8) is 0 Å². The van der Waals surface area contributed by atoms with Crippen molar-refractivity contribution in [3.8, 4) is 0 Å². The third-order valence-corrected chi connectivity index (χ3v) is 2.25. The molecule has 1 heterocycles. The Labute approximate surface area is 110 Å². The van der Waals surface area contributed by atoms with Crippen LogP contribution in [0.2, 0.25) is 0 Å². The summed E-state index contributed by atoms with van der Waals surface area (Å²) in [5.74, 6) is -0.940. The predicted molar refractivity (Wildman–Crippen MR) is 63.8 cm³/mol. The molecule has 1 N–H and O–H groups in total. The Hall–Kier alpha value is -1.89. The van der Waals surface area contributed by atoms with Crippen molar-refractivity contribution in [2.45, 2.75) is 32.9 Å². The number of rotatable bonds is 4. The van der Waals surface area contributed by atoms with Gasteiger partial charge in [0.05, 0.1) is 12.6 Å². The van der Waals surface area contributed by atoms with Gasteiger partial charge in [-0.3, -0.25) is 14.4 Å². The topological polar surface area (TPSA) is 90.9 Å². The Balaban J connectivity index is 2.73. The van der Waals surface area contributed by atoms with Crippen LogP contribution in [0.15, 0.2) is 11.8 Å². The Kier molecular flexibility index (Phi) is 5.50. The predicted octanol–water partition coefficient (Wildman–Crippen LogP) is -0.100. The summed E-state index contributed by atoms with van der Waals surface area (Å²) < 4.78 is 15.2. The molecule has 0 fully saturated rings. The molecule has 0 radical (unpaired) electrons. The molecular weight excluding hydrogens is 254 g/mol. The van der Waals surface area contributed by atoms with Crippen LogP contribution in [-0.2, 0) is 28.6 Å². The van der Waals surface area contributed by atoms with Crippen molar-refractivity contribution in [2.24, 2.45) is 0 Å². The standard InChI is InChI=1S/C12H17NO6/c1-7(14)13-10-4-11(19-9(3)16)12(18-5-10)6-17-8(2)15/h4,10,12H,5-6H2,1-3H3,(H,13,14). The average molecular weight is 271 g/mol. The molecule has 19 heavy (non-hydrogen) atoms. The van der Waals surface area contributed by atoms with Crippen molar-refractivity contribution in [1.29, 1.82) is 0 Å². The van der Waals surface area contributed by atoms with Gasteiger partial charge in [0.1, 0.15) is 18.5 Å². The Morgan fingerprint density at radius 3 is 2.53 bits per heavy atom. The molecule has 0 aliphatic carbocycles. The SMILES string of the molecule is CC(=O)NC1C=C(OC(C)=O)C(COC(C)=O)OC1. The van der Waals surface area contributed by atoms with Gasteiger partial charge in [-0.05, 0) is 6.08 Å². The molecule has 0 aromatic carbocycles. The second-order valence-corrected chi connectivity index (χ2v) is 4.09. The fourth-order valence-corrected chi connectivity index (χ4v) is 1.59. The van der Waals surface area contributed by atoms with Crippen LogP contribution in [0.5, 0.6) is 0 Å². The number of esters is 2. The van der Waals surface area contributed by atoms with Crippen LogP contribution in [0.3, 0.4) is 0 Å². The normalized spacial score (nSPS) is 22.2. The van der Waals surface area contributed by atoms with Gasteiger partial charge in [0, 0.05) is 20.8 Å². The van der Waals surface area contributed by atoms with Crippen LogP contribution in [0.25, 0.3) is 0 Å². The summed E-state index contributed by atoms with van der Waals surface area (Å²) >= 11 is 0. The van der Waals surface area contributed by atoms with E-state index in [-0.39, 0.29) is 30.9 Å². The summed E-state index contributed by atoms with van der Waals surface area (Å²) in [4.78, 5) is 32.7. The summed E-state index contributed by atoms with van der Waals surface area (Å²) in [6, 6.07) is -0.375. The van der Waals surface area contributed by atoms with E-state index in [0.29, 0.717) is 0 Å². The number of carbonyl (C=O) groups excluding carboxylic acids is 3. The summed E-state index contributed by atoms with van der Waals surface area (Å²) in [6.45, 7) is 4.09. The van der Waals surface area contributed by atoms with Crippen molar-refractivity contribution in [3.05, 3.63) is 11.8 Å². The van der Waals surface area contributed by atoms with E-state index >= 15 is 0 Å². The highest BCUT2D eigenvalue weighted by molar-refractivity contribution is 5.73. The molecule has 0 saturated carbocycles. The lowest BCUT2D eigenvalue weighted by Gasteiger charge is -2.28. The van der Waals surface area contributed by atoms with Crippen molar-refractivity contribution < 1.29 is 28.6 Å². The maximum absolute atomic E-state index is 11.0. The average Bonchev–Trinajstić information content (AvgIpc) is 2.26. The minimum Gasteiger partial charge on any atom is -0.463 e. The first-order chi connectivity index (χ1) is 8.88. The van der Waals surface area contributed by atoms with Crippen molar-refractivity contribution in [2.75, 3.05) is 13.2 Å². The molecule has 0 aromatic heterocycles. The number of carbonyl (C=O) groups is 3. The van der Waals surface area contributed by atoms with E-state index in [1.807, 2.05) is 0 Å². The van der Waals surface area contributed by atoms with Gasteiger partial charge >= 0.3 is 11.9 Å². The largest absolute Gasteiger partial charge is 0.463 e. The van der Waals surface area contributed by atoms with Gasteiger partial charge in [-0.15, -0.1) is 0 Å². The molecule has 0 saturated heterocycles. The lowest BCUT2D eigenvalue weighted by Crippen LogP contribution is -2.42. The molecular formula is C12H17NO6. The first kappa shape index (κ1) is 15.2. The Morgan fingerprint density at radius 2 is 2.00 bits per heavy atom. The van der Waals surface area contributed by atoms with Gasteiger partial charge in [-0.1, -0.05) is 0 Å². The zero-order chi connectivity index (χ0) is 14.4. The molecule has 1 aliphatic heterocycles. The molecule has 1 rings (SSSR count). The fraction of sp³-hybridized carbons (Fsp3) is 0.583. The van der Waals surface area contributed by atoms with Gasteiger partial charge in [0.2, 0.25) is 5.91 Å². The molecule has 1 amide bonds. The third-order valence-electron chi connectivity index (χ3n) is 2.25. The zero-order valence-electron chi connectivity index (χ0n) is 11.1. The second kappa shape index (κ2) is 6.89. The minimum atomic E-state index is -0.641. The number of ether oxygens (including phenoxy) is 3. The summed E-state index contributed by atoms with van der Waals surface area (Å²) in [6.07, 6.45) is 0.943. The smallest absolute Gasteiger partial charge is 0.307 e. The number of amides is 1. The van der Waals surface area contributed by atoms with Crippen LogP contribution in [0, 0.1) is 0 Å². The first-order valence-corrected chi connectivity index (χ1v) is 5.80. The number of hydrogen-bond donors (Lipinski definition) is 1. The van der Waals surface area contributed by atoms with Crippen LogP contribution < -0.4 is 5.32 Å². The molecule has 106 valence electrons. The molecule has 1 aliphatic rings. The second-order valence-electron chi connectivity index (χ2n) is 4.09. The Bertz CT molecular complexity index is 403. The molecule has 0 bridgehead atoms. The fourth-order valence-electron chi connectivity index (χ4n) is 1.59. The lowest BCUT2D eigenvalue weighted by atomic mass is 10.1. The summed E-state index contributed by atoms with van der Waals surface area (Å²) in [7, 11) is 0. The minimum absolute atomic E-state index is 0.0404. The first-order valence-electron chi connectivity index (χ1n) is 5.80. The molecule has 7 nitrogen and oxygen atoms in total. The lowest BCUT2D eigenvalue weighted by molar-refractivity contribution is -0.148. The van der Waals surface area contributed by atoms with E-state index in [1.54, 1.807) is 6.08 Å². The number of hydrogen-bond acceptors (Lipinski definition) is 6. The van der Waals surface area contributed by atoms with E-state index < -0.39 is 18.0 Å². The monoisotopic (exact) mass is 271 g/mol. The van der Waals surface area contributed by atoms with Crippen LogP contribution in [0.1, 0.15) is 20.8 Å². The quantitative estimate of drug-likeness (QED) is 0.718. The molecule has 0 aromatic rings. The Morgan fingerprint density at radius 1 is 1.32 bits per heavy atom. The van der Waals surface area contributed by atoms with Crippen LogP contribution in [0.4, 0.5) is 0 Å². The molecule has 2 atom stereocenters. The molecule has 7 heteroatoms. The molecule has 0 spiro atoms. The third kappa shape index (κ3) is 5.52. The van der Waals surface area contributed by atoms with Gasteiger partial charge in [-0.25, -0.2) is 0 Å².